The van der Waals surface area contributed by atoms with Crippen LogP contribution in [0, 0.1) is 5.92 Å². The summed E-state index contributed by atoms with van der Waals surface area (Å²) in [6.07, 6.45) is -3.67. The smallest absolute Gasteiger partial charge is 0.416 e. The lowest BCUT2D eigenvalue weighted by Gasteiger charge is -2.34. The van der Waals surface area contributed by atoms with Gasteiger partial charge in [0.15, 0.2) is 0 Å². The molecule has 1 atom stereocenters. The first-order valence-corrected chi connectivity index (χ1v) is 9.81. The summed E-state index contributed by atoms with van der Waals surface area (Å²) in [5.41, 5.74) is -0.643. The summed E-state index contributed by atoms with van der Waals surface area (Å²) in [5, 5.41) is 4.26. The Hall–Kier alpha value is -3.04. The Bertz CT molecular complexity index is 962. The number of rotatable bonds is 3. The van der Waals surface area contributed by atoms with Crippen LogP contribution in [0.3, 0.4) is 0 Å². The summed E-state index contributed by atoms with van der Waals surface area (Å²) in [5.74, 6) is -0.761. The van der Waals surface area contributed by atoms with Gasteiger partial charge in [-0.05, 0) is 45.4 Å². The highest BCUT2D eigenvalue weighted by Gasteiger charge is 2.38. The molecule has 2 aromatic rings. The number of carbonyl (C=O) groups is 2. The number of carbonyl (C=O) groups excluding carboxylic acids is 2. The number of hydrogen-bond donors (Lipinski definition) is 0. The summed E-state index contributed by atoms with van der Waals surface area (Å²) in [7, 11) is 0. The van der Waals surface area contributed by atoms with Crippen molar-refractivity contribution >= 4 is 17.9 Å². The molecule has 7 nitrogen and oxygen atoms in total. The van der Waals surface area contributed by atoms with Gasteiger partial charge in [0, 0.05) is 12.1 Å². The van der Waals surface area contributed by atoms with E-state index >= 15 is 0 Å². The second-order valence-corrected chi connectivity index (χ2v) is 8.18. The number of anilines is 1. The Labute approximate surface area is 177 Å². The average Bonchev–Trinajstić information content (AvgIpc) is 3.09. The fourth-order valence-electron chi connectivity index (χ4n) is 3.30. The van der Waals surface area contributed by atoms with E-state index in [0.29, 0.717) is 16.9 Å². The number of esters is 1. The predicted octanol–water partition coefficient (Wildman–Crippen LogP) is 4.50. The highest BCUT2D eigenvalue weighted by Crippen LogP contribution is 2.37. The van der Waals surface area contributed by atoms with E-state index in [1.165, 1.54) is 27.9 Å². The van der Waals surface area contributed by atoms with Crippen LogP contribution in [0.15, 0.2) is 30.5 Å². The molecule has 0 aliphatic carbocycles. The summed E-state index contributed by atoms with van der Waals surface area (Å²) >= 11 is 0. The average molecular weight is 439 g/mol. The summed E-state index contributed by atoms with van der Waals surface area (Å²) < 4.78 is 50.8. The Morgan fingerprint density at radius 2 is 1.77 bits per heavy atom. The van der Waals surface area contributed by atoms with Gasteiger partial charge in [-0.2, -0.15) is 18.3 Å². The zero-order valence-electron chi connectivity index (χ0n) is 17.7. The lowest BCUT2D eigenvalue weighted by atomic mass is 10.0. The molecule has 1 unspecified atom stereocenters. The van der Waals surface area contributed by atoms with Gasteiger partial charge < -0.3 is 9.47 Å². The molecule has 168 valence electrons. The van der Waals surface area contributed by atoms with Gasteiger partial charge in [0.25, 0.3) is 0 Å². The van der Waals surface area contributed by atoms with Gasteiger partial charge >= 0.3 is 18.2 Å². The molecule has 0 saturated carbocycles. The molecule has 1 aliphatic heterocycles. The van der Waals surface area contributed by atoms with Crippen LogP contribution in [0.1, 0.15) is 33.3 Å². The molecule has 10 heteroatoms. The molecule has 3 rings (SSSR count). The number of benzene rings is 1. The van der Waals surface area contributed by atoms with Crippen LogP contribution in [-0.2, 0) is 27.0 Å². The number of aromatic nitrogens is 2. The third-order valence-electron chi connectivity index (χ3n) is 4.62. The quantitative estimate of drug-likeness (QED) is 0.659. The van der Waals surface area contributed by atoms with E-state index in [1.54, 1.807) is 27.7 Å². The maximum absolute atomic E-state index is 12.9. The first-order chi connectivity index (χ1) is 14.4. The fourth-order valence-corrected chi connectivity index (χ4v) is 3.30. The summed E-state index contributed by atoms with van der Waals surface area (Å²) in [6.45, 7) is 7.21. The van der Waals surface area contributed by atoms with Crippen molar-refractivity contribution < 1.29 is 32.2 Å². The second-order valence-electron chi connectivity index (χ2n) is 8.18. The van der Waals surface area contributed by atoms with E-state index in [9.17, 15) is 22.8 Å². The highest BCUT2D eigenvalue weighted by atomic mass is 19.4. The predicted molar refractivity (Wildman–Crippen MR) is 106 cm³/mol. The van der Waals surface area contributed by atoms with Crippen LogP contribution in [0.25, 0.3) is 11.1 Å². The number of nitrogens with zero attached hydrogens (tertiary/aromatic N) is 3. The summed E-state index contributed by atoms with van der Waals surface area (Å²) in [4.78, 5) is 26.5. The molecule has 0 spiro atoms. The Balaban J connectivity index is 2.01. The van der Waals surface area contributed by atoms with Crippen LogP contribution in [-0.4, -0.2) is 40.6 Å². The molecule has 1 aromatic heterocycles. The molecule has 1 amide bonds. The number of fused-ring (bicyclic) bond motifs is 1. The normalized spacial score (nSPS) is 16.6. The molecular formula is C21H24F3N3O4. The number of halogens is 3. The zero-order chi connectivity index (χ0) is 23.0. The highest BCUT2D eigenvalue weighted by molar-refractivity contribution is 5.94. The third kappa shape index (κ3) is 5.00. The minimum atomic E-state index is -4.45. The maximum atomic E-state index is 12.9. The van der Waals surface area contributed by atoms with Crippen LogP contribution >= 0.6 is 0 Å². The van der Waals surface area contributed by atoms with Crippen molar-refractivity contribution in [1.29, 1.82) is 0 Å². The van der Waals surface area contributed by atoms with Crippen molar-refractivity contribution in [2.75, 3.05) is 18.1 Å². The molecule has 2 heterocycles. The number of amides is 1. The van der Waals surface area contributed by atoms with Gasteiger partial charge in [-0.3, -0.25) is 9.69 Å². The molecule has 1 aromatic carbocycles. The van der Waals surface area contributed by atoms with Crippen molar-refractivity contribution in [1.82, 2.24) is 9.78 Å². The summed E-state index contributed by atoms with van der Waals surface area (Å²) in [6, 6.07) is 4.60. The molecule has 0 radical (unpaired) electrons. The van der Waals surface area contributed by atoms with Crippen LogP contribution < -0.4 is 4.90 Å². The minimum Gasteiger partial charge on any atom is -0.466 e. The molecule has 31 heavy (non-hydrogen) atoms. The zero-order valence-corrected chi connectivity index (χ0v) is 17.7. The van der Waals surface area contributed by atoms with Gasteiger partial charge in [0.1, 0.15) is 11.4 Å². The topological polar surface area (TPSA) is 73.7 Å². The van der Waals surface area contributed by atoms with Crippen LogP contribution in [0.2, 0.25) is 0 Å². The molecule has 1 aliphatic rings. The van der Waals surface area contributed by atoms with Crippen molar-refractivity contribution in [3.8, 4) is 11.1 Å². The largest absolute Gasteiger partial charge is 0.466 e. The number of hydrogen-bond acceptors (Lipinski definition) is 5. The SMILES string of the molecule is CCOC(=O)C1CN(C(=O)OC(C)(C)C)c2c(-c3ccc(C(F)(F)F)cc3)cnn2C1. The van der Waals surface area contributed by atoms with Gasteiger partial charge in [-0.1, -0.05) is 12.1 Å². The van der Waals surface area contributed by atoms with E-state index < -0.39 is 35.3 Å². The van der Waals surface area contributed by atoms with E-state index in [-0.39, 0.29) is 19.7 Å². The Kier molecular flexibility index (Phi) is 6.02. The second kappa shape index (κ2) is 8.24. The van der Waals surface area contributed by atoms with Gasteiger partial charge in [0.2, 0.25) is 0 Å². The van der Waals surface area contributed by atoms with Crippen molar-refractivity contribution in [2.45, 2.75) is 46.0 Å². The van der Waals surface area contributed by atoms with Crippen molar-refractivity contribution in [3.05, 3.63) is 36.0 Å². The lowest BCUT2D eigenvalue weighted by Crippen LogP contribution is -2.47. The van der Waals surface area contributed by atoms with Gasteiger partial charge in [-0.25, -0.2) is 9.48 Å². The van der Waals surface area contributed by atoms with Crippen LogP contribution in [0.5, 0.6) is 0 Å². The van der Waals surface area contributed by atoms with Gasteiger partial charge in [0.05, 0.1) is 30.8 Å². The minimum absolute atomic E-state index is 0.00702. The molecule has 0 bridgehead atoms. The first-order valence-electron chi connectivity index (χ1n) is 9.81. The molecule has 0 saturated heterocycles. The standard InChI is InChI=1S/C21H24F3N3O4/c1-5-30-18(28)14-11-26(19(29)31-20(2,3)4)17-16(10-25-27(17)12-14)13-6-8-15(9-7-13)21(22,23)24/h6-10,14H,5,11-12H2,1-4H3. The maximum Gasteiger partial charge on any atom is 0.416 e. The van der Waals surface area contributed by atoms with Crippen molar-refractivity contribution in [2.24, 2.45) is 5.92 Å². The molecule has 0 fully saturated rings. The lowest BCUT2D eigenvalue weighted by molar-refractivity contribution is -0.148. The fraction of sp³-hybridized carbons (Fsp3) is 0.476. The van der Waals surface area contributed by atoms with Crippen molar-refractivity contribution in [3.63, 3.8) is 0 Å². The van der Waals surface area contributed by atoms with E-state index in [1.807, 2.05) is 0 Å². The molecule has 0 N–H and O–H groups in total. The third-order valence-corrected chi connectivity index (χ3v) is 4.62. The Morgan fingerprint density at radius 1 is 1.13 bits per heavy atom. The van der Waals surface area contributed by atoms with E-state index in [0.717, 1.165) is 12.1 Å². The first kappa shape index (κ1) is 22.6. The molecular weight excluding hydrogens is 415 g/mol. The number of ether oxygens (including phenoxy) is 2. The van der Waals surface area contributed by atoms with E-state index in [4.69, 9.17) is 9.47 Å². The monoisotopic (exact) mass is 439 g/mol. The van der Waals surface area contributed by atoms with E-state index in [2.05, 4.69) is 5.10 Å². The number of alkyl halides is 3. The van der Waals surface area contributed by atoms with Gasteiger partial charge in [-0.15, -0.1) is 0 Å². The Morgan fingerprint density at radius 3 is 2.32 bits per heavy atom. The van der Waals surface area contributed by atoms with Crippen LogP contribution in [0.4, 0.5) is 23.8 Å².